The van der Waals surface area contributed by atoms with Crippen molar-refractivity contribution in [2.75, 3.05) is 26.2 Å². The predicted octanol–water partition coefficient (Wildman–Crippen LogP) is 1.27. The Bertz CT molecular complexity index is 287. The molecule has 4 heteroatoms. The monoisotopic (exact) mass is 253 g/mol. The quantitative estimate of drug-likeness (QED) is 0.819. The first-order chi connectivity index (χ1) is 8.59. The third kappa shape index (κ3) is 3.04. The van der Waals surface area contributed by atoms with Crippen LogP contribution in [0.5, 0.6) is 0 Å². The van der Waals surface area contributed by atoms with Crippen LogP contribution >= 0.6 is 0 Å². The highest BCUT2D eigenvalue weighted by molar-refractivity contribution is 5.81. The first-order valence-electron chi connectivity index (χ1n) is 7.36. The lowest BCUT2D eigenvalue weighted by Crippen LogP contribution is -2.51. The summed E-state index contributed by atoms with van der Waals surface area (Å²) < 4.78 is 0. The summed E-state index contributed by atoms with van der Waals surface area (Å²) in [6, 6.07) is 0.318. The van der Waals surface area contributed by atoms with Gasteiger partial charge in [-0.3, -0.25) is 10.1 Å². The zero-order valence-corrected chi connectivity index (χ0v) is 12.0. The summed E-state index contributed by atoms with van der Waals surface area (Å²) in [5.41, 5.74) is 0. The number of carbonyl (C=O) groups excluding carboxylic acids is 1. The highest BCUT2D eigenvalue weighted by atomic mass is 16.2. The summed E-state index contributed by atoms with van der Waals surface area (Å²) in [7, 11) is 0. The van der Waals surface area contributed by atoms with Crippen molar-refractivity contribution in [2.45, 2.75) is 52.2 Å². The van der Waals surface area contributed by atoms with Gasteiger partial charge in [-0.1, -0.05) is 20.3 Å². The number of hydrogen-bond acceptors (Lipinski definition) is 3. The van der Waals surface area contributed by atoms with E-state index >= 15 is 0 Å². The van der Waals surface area contributed by atoms with Crippen molar-refractivity contribution in [3.63, 3.8) is 0 Å². The van der Waals surface area contributed by atoms with Crippen molar-refractivity contribution >= 4 is 5.91 Å². The van der Waals surface area contributed by atoms with E-state index in [1.165, 1.54) is 32.4 Å². The summed E-state index contributed by atoms with van der Waals surface area (Å²) in [6.07, 6.45) is 4.21. The van der Waals surface area contributed by atoms with Crippen molar-refractivity contribution in [3.8, 4) is 0 Å². The van der Waals surface area contributed by atoms with E-state index < -0.39 is 0 Å². The molecule has 104 valence electrons. The van der Waals surface area contributed by atoms with Gasteiger partial charge in [0.15, 0.2) is 0 Å². The van der Waals surface area contributed by atoms with Crippen LogP contribution in [0.2, 0.25) is 0 Å². The van der Waals surface area contributed by atoms with Crippen LogP contribution in [0.4, 0.5) is 0 Å². The molecule has 2 atom stereocenters. The molecule has 2 unspecified atom stereocenters. The number of rotatable bonds is 4. The maximum absolute atomic E-state index is 12.0. The van der Waals surface area contributed by atoms with Crippen LogP contribution in [0.15, 0.2) is 0 Å². The molecule has 0 bridgehead atoms. The van der Waals surface area contributed by atoms with Gasteiger partial charge >= 0.3 is 0 Å². The molecule has 0 aromatic rings. The van der Waals surface area contributed by atoms with Gasteiger partial charge in [0.2, 0.25) is 5.91 Å². The second-order valence-electron chi connectivity index (χ2n) is 6.08. The Morgan fingerprint density at radius 2 is 1.89 bits per heavy atom. The SMILES string of the molecule is CC(C)C1NCC(=O)N1C(C)CN1CCCCC1. The van der Waals surface area contributed by atoms with Crippen LogP contribution < -0.4 is 5.32 Å². The maximum Gasteiger partial charge on any atom is 0.238 e. The van der Waals surface area contributed by atoms with E-state index in [1.807, 2.05) is 0 Å². The lowest BCUT2D eigenvalue weighted by Gasteiger charge is -2.37. The molecule has 4 nitrogen and oxygen atoms in total. The van der Waals surface area contributed by atoms with Gasteiger partial charge < -0.3 is 9.80 Å². The van der Waals surface area contributed by atoms with Gasteiger partial charge in [-0.25, -0.2) is 0 Å². The van der Waals surface area contributed by atoms with E-state index in [0.29, 0.717) is 18.5 Å². The van der Waals surface area contributed by atoms with E-state index in [1.54, 1.807) is 0 Å². The van der Waals surface area contributed by atoms with Gasteiger partial charge in [-0.15, -0.1) is 0 Å². The number of hydrogen-bond donors (Lipinski definition) is 1. The maximum atomic E-state index is 12.0. The Morgan fingerprint density at radius 3 is 2.50 bits per heavy atom. The van der Waals surface area contributed by atoms with Gasteiger partial charge in [0, 0.05) is 12.6 Å². The fourth-order valence-electron chi connectivity index (χ4n) is 3.22. The van der Waals surface area contributed by atoms with E-state index in [2.05, 4.69) is 35.9 Å². The highest BCUT2D eigenvalue weighted by Gasteiger charge is 2.36. The summed E-state index contributed by atoms with van der Waals surface area (Å²) >= 11 is 0. The van der Waals surface area contributed by atoms with E-state index in [9.17, 15) is 4.79 Å². The van der Waals surface area contributed by atoms with Crippen LogP contribution in [0.1, 0.15) is 40.0 Å². The Morgan fingerprint density at radius 1 is 1.22 bits per heavy atom. The molecule has 1 amide bonds. The van der Waals surface area contributed by atoms with Crippen LogP contribution in [-0.2, 0) is 4.79 Å². The Hall–Kier alpha value is -0.610. The Balaban J connectivity index is 1.93. The van der Waals surface area contributed by atoms with Crippen molar-refractivity contribution in [1.29, 1.82) is 0 Å². The number of carbonyl (C=O) groups is 1. The highest BCUT2D eigenvalue weighted by Crippen LogP contribution is 2.19. The smallest absolute Gasteiger partial charge is 0.238 e. The van der Waals surface area contributed by atoms with E-state index in [4.69, 9.17) is 0 Å². The molecule has 2 aliphatic heterocycles. The topological polar surface area (TPSA) is 35.6 Å². The number of amides is 1. The molecule has 1 N–H and O–H groups in total. The molecule has 18 heavy (non-hydrogen) atoms. The van der Waals surface area contributed by atoms with E-state index in [-0.39, 0.29) is 12.1 Å². The minimum Gasteiger partial charge on any atom is -0.322 e. The summed E-state index contributed by atoms with van der Waals surface area (Å²) in [4.78, 5) is 16.6. The Labute approximate surface area is 111 Å². The summed E-state index contributed by atoms with van der Waals surface area (Å²) in [5.74, 6) is 0.735. The summed E-state index contributed by atoms with van der Waals surface area (Å²) in [6.45, 7) is 10.5. The molecule has 0 radical (unpaired) electrons. The number of likely N-dealkylation sites (tertiary alicyclic amines) is 1. The average Bonchev–Trinajstić information content (AvgIpc) is 2.72. The second kappa shape index (κ2) is 6.02. The van der Waals surface area contributed by atoms with Crippen molar-refractivity contribution in [3.05, 3.63) is 0 Å². The van der Waals surface area contributed by atoms with Crippen molar-refractivity contribution in [2.24, 2.45) is 5.92 Å². The first kappa shape index (κ1) is 13.8. The molecule has 0 aromatic heterocycles. The molecule has 0 aromatic carbocycles. The van der Waals surface area contributed by atoms with Crippen molar-refractivity contribution < 1.29 is 4.79 Å². The Kier molecular flexibility index (Phi) is 4.62. The predicted molar refractivity (Wildman–Crippen MR) is 73.2 cm³/mol. The fraction of sp³-hybridized carbons (Fsp3) is 0.929. The molecular formula is C14H27N3O. The van der Waals surface area contributed by atoms with Crippen LogP contribution in [-0.4, -0.2) is 54.1 Å². The van der Waals surface area contributed by atoms with E-state index in [0.717, 1.165) is 6.54 Å². The van der Waals surface area contributed by atoms with Gasteiger partial charge in [-0.05, 0) is 38.8 Å². The molecule has 2 heterocycles. The normalized spacial score (nSPS) is 28.1. The van der Waals surface area contributed by atoms with Crippen LogP contribution in [0, 0.1) is 5.92 Å². The molecule has 2 fully saturated rings. The minimum atomic E-state index is 0.220. The third-order valence-corrected chi connectivity index (χ3v) is 4.13. The average molecular weight is 253 g/mol. The van der Waals surface area contributed by atoms with Crippen molar-refractivity contribution in [1.82, 2.24) is 15.1 Å². The zero-order valence-electron chi connectivity index (χ0n) is 12.0. The second-order valence-corrected chi connectivity index (χ2v) is 6.08. The number of piperidine rings is 1. The molecule has 2 saturated heterocycles. The molecule has 2 rings (SSSR count). The van der Waals surface area contributed by atoms with Gasteiger partial charge in [-0.2, -0.15) is 0 Å². The minimum absolute atomic E-state index is 0.220. The molecule has 0 saturated carbocycles. The van der Waals surface area contributed by atoms with Crippen LogP contribution in [0.25, 0.3) is 0 Å². The largest absolute Gasteiger partial charge is 0.322 e. The lowest BCUT2D eigenvalue weighted by atomic mass is 10.1. The number of nitrogens with one attached hydrogen (secondary N) is 1. The third-order valence-electron chi connectivity index (χ3n) is 4.13. The summed E-state index contributed by atoms with van der Waals surface area (Å²) in [5, 5.41) is 3.33. The molecular weight excluding hydrogens is 226 g/mol. The van der Waals surface area contributed by atoms with Crippen LogP contribution in [0.3, 0.4) is 0 Å². The molecule has 0 aliphatic carbocycles. The fourth-order valence-corrected chi connectivity index (χ4v) is 3.22. The molecule has 0 spiro atoms. The zero-order chi connectivity index (χ0) is 13.1. The standard InChI is InChI=1S/C14H27N3O/c1-11(2)14-15-9-13(18)17(14)12(3)10-16-7-5-4-6-8-16/h11-12,14-15H,4-10H2,1-3H3. The van der Waals surface area contributed by atoms with Gasteiger partial charge in [0.05, 0.1) is 12.7 Å². The number of nitrogens with zero attached hydrogens (tertiary/aromatic N) is 2. The van der Waals surface area contributed by atoms with Gasteiger partial charge in [0.25, 0.3) is 0 Å². The lowest BCUT2D eigenvalue weighted by molar-refractivity contribution is -0.131. The first-order valence-corrected chi connectivity index (χ1v) is 7.36. The van der Waals surface area contributed by atoms with Gasteiger partial charge in [0.1, 0.15) is 0 Å². The molecule has 2 aliphatic rings.